The fourth-order valence-electron chi connectivity index (χ4n) is 2.23. The van der Waals surface area contributed by atoms with Gasteiger partial charge < -0.3 is 15.1 Å². The van der Waals surface area contributed by atoms with E-state index >= 15 is 0 Å². The molecule has 2 aromatic rings. The topological polar surface area (TPSA) is 97.1 Å². The zero-order valence-electron chi connectivity index (χ0n) is 16.3. The molecule has 0 spiro atoms. The minimum absolute atomic E-state index is 0.0399. The van der Waals surface area contributed by atoms with E-state index in [-0.39, 0.29) is 35.6 Å². The Labute approximate surface area is 163 Å². The Morgan fingerprint density at radius 2 is 1.78 bits per heavy atom. The summed E-state index contributed by atoms with van der Waals surface area (Å²) in [4.78, 5) is 23.3. The molecule has 8 heteroatoms. The molecule has 0 radical (unpaired) electrons. The van der Waals surface area contributed by atoms with Gasteiger partial charge in [-0.25, -0.2) is 0 Å². The van der Waals surface area contributed by atoms with E-state index in [2.05, 4.69) is 41.6 Å². The Morgan fingerprint density at radius 3 is 2.37 bits per heavy atom. The smallest absolute Gasteiger partial charge is 0.277 e. The van der Waals surface area contributed by atoms with Crippen molar-refractivity contribution in [1.29, 1.82) is 0 Å². The molecule has 0 saturated carbocycles. The molecule has 0 atom stereocenters. The first-order chi connectivity index (χ1) is 12.6. The van der Waals surface area contributed by atoms with E-state index in [0.29, 0.717) is 11.1 Å². The lowest BCUT2D eigenvalue weighted by atomic mass is 9.87. The summed E-state index contributed by atoms with van der Waals surface area (Å²) in [5, 5.41) is 13.6. The van der Waals surface area contributed by atoms with Crippen molar-refractivity contribution in [3.63, 3.8) is 0 Å². The summed E-state index contributed by atoms with van der Waals surface area (Å²) in [5.41, 5.74) is 2.13. The Balaban J connectivity index is 1.85. The monoisotopic (exact) mass is 390 g/mol. The second-order valence-electron chi connectivity index (χ2n) is 7.49. The summed E-state index contributed by atoms with van der Waals surface area (Å²) in [5.74, 6) is 0.0181. The summed E-state index contributed by atoms with van der Waals surface area (Å²) >= 11 is 1.13. The third-order valence-electron chi connectivity index (χ3n) is 3.63. The predicted molar refractivity (Wildman–Crippen MR) is 105 cm³/mol. The number of nitrogens with zero attached hydrogens (tertiary/aromatic N) is 2. The fraction of sp³-hybridized carbons (Fsp3) is 0.474. The van der Waals surface area contributed by atoms with E-state index in [1.54, 1.807) is 0 Å². The van der Waals surface area contributed by atoms with Gasteiger partial charge in [0.05, 0.1) is 12.3 Å². The van der Waals surface area contributed by atoms with E-state index in [4.69, 9.17) is 4.42 Å². The standard InChI is InChI=1S/C19H26N4O3S/c1-12(2)21-15(24)10-20-16(25)11-27-18-23-22-17(26-18)13-6-8-14(9-7-13)19(3,4)5/h6-9,12H,10-11H2,1-5H3,(H,20,25)(H,21,24). The third-order valence-corrected chi connectivity index (χ3v) is 4.45. The SMILES string of the molecule is CC(C)NC(=O)CNC(=O)CSc1nnc(-c2ccc(C(C)(C)C)cc2)o1. The van der Waals surface area contributed by atoms with Crippen LogP contribution in [0.15, 0.2) is 33.9 Å². The minimum Gasteiger partial charge on any atom is -0.411 e. The molecule has 2 rings (SSSR count). The van der Waals surface area contributed by atoms with Gasteiger partial charge >= 0.3 is 0 Å². The Bertz CT molecular complexity index is 779. The molecule has 0 aliphatic rings. The molecule has 0 fully saturated rings. The number of rotatable bonds is 7. The van der Waals surface area contributed by atoms with Gasteiger partial charge in [-0.15, -0.1) is 10.2 Å². The van der Waals surface area contributed by atoms with Crippen molar-refractivity contribution >= 4 is 23.6 Å². The molecular weight excluding hydrogens is 364 g/mol. The van der Waals surface area contributed by atoms with E-state index in [9.17, 15) is 9.59 Å². The number of hydrogen-bond donors (Lipinski definition) is 2. The molecule has 0 saturated heterocycles. The Kier molecular flexibility index (Phi) is 7.01. The van der Waals surface area contributed by atoms with E-state index in [0.717, 1.165) is 17.3 Å². The van der Waals surface area contributed by atoms with Gasteiger partial charge in [-0.05, 0) is 37.0 Å². The quantitative estimate of drug-likeness (QED) is 0.706. The molecule has 7 nitrogen and oxygen atoms in total. The van der Waals surface area contributed by atoms with Crippen molar-refractivity contribution in [2.45, 2.75) is 51.3 Å². The highest BCUT2D eigenvalue weighted by Gasteiger charge is 2.15. The maximum absolute atomic E-state index is 11.8. The molecule has 2 amide bonds. The maximum atomic E-state index is 11.8. The highest BCUT2D eigenvalue weighted by molar-refractivity contribution is 7.99. The van der Waals surface area contributed by atoms with Gasteiger partial charge in [0.1, 0.15) is 0 Å². The first-order valence-electron chi connectivity index (χ1n) is 8.78. The summed E-state index contributed by atoms with van der Waals surface area (Å²) in [6.45, 7) is 10.1. The predicted octanol–water partition coefficient (Wildman–Crippen LogP) is 2.77. The molecular formula is C19H26N4O3S. The molecule has 1 aromatic carbocycles. The van der Waals surface area contributed by atoms with Crippen LogP contribution in [0, 0.1) is 0 Å². The second kappa shape index (κ2) is 9.03. The van der Waals surface area contributed by atoms with Crippen LogP contribution in [0.3, 0.4) is 0 Å². The van der Waals surface area contributed by atoms with Gasteiger partial charge in [-0.2, -0.15) is 0 Å². The van der Waals surface area contributed by atoms with Crippen LogP contribution in [0.25, 0.3) is 11.5 Å². The van der Waals surface area contributed by atoms with Gasteiger partial charge in [0.2, 0.25) is 17.7 Å². The van der Waals surface area contributed by atoms with Crippen LogP contribution < -0.4 is 10.6 Å². The summed E-state index contributed by atoms with van der Waals surface area (Å²) in [7, 11) is 0. The molecule has 0 unspecified atom stereocenters. The molecule has 2 N–H and O–H groups in total. The number of hydrogen-bond acceptors (Lipinski definition) is 6. The van der Waals surface area contributed by atoms with Crippen LogP contribution in [-0.2, 0) is 15.0 Å². The van der Waals surface area contributed by atoms with Crippen molar-refractivity contribution in [2.75, 3.05) is 12.3 Å². The molecule has 146 valence electrons. The molecule has 1 aromatic heterocycles. The zero-order valence-corrected chi connectivity index (χ0v) is 17.1. The number of thioether (sulfide) groups is 1. The maximum Gasteiger partial charge on any atom is 0.277 e. The van der Waals surface area contributed by atoms with Crippen molar-refractivity contribution < 1.29 is 14.0 Å². The average molecular weight is 391 g/mol. The number of carbonyl (C=O) groups is 2. The number of aromatic nitrogens is 2. The van der Waals surface area contributed by atoms with Crippen LogP contribution in [0.4, 0.5) is 0 Å². The van der Waals surface area contributed by atoms with Crippen LogP contribution in [-0.4, -0.2) is 40.4 Å². The molecule has 0 aliphatic carbocycles. The lowest BCUT2D eigenvalue weighted by Gasteiger charge is -2.18. The first-order valence-corrected chi connectivity index (χ1v) is 9.77. The third kappa shape index (κ3) is 6.71. The number of nitrogens with one attached hydrogen (secondary N) is 2. The summed E-state index contributed by atoms with van der Waals surface area (Å²) < 4.78 is 5.61. The number of benzene rings is 1. The van der Waals surface area contributed by atoms with Crippen molar-refractivity contribution in [1.82, 2.24) is 20.8 Å². The summed E-state index contributed by atoms with van der Waals surface area (Å²) in [6.07, 6.45) is 0. The zero-order chi connectivity index (χ0) is 20.0. The molecule has 27 heavy (non-hydrogen) atoms. The van der Waals surface area contributed by atoms with Crippen LogP contribution in [0.1, 0.15) is 40.2 Å². The van der Waals surface area contributed by atoms with Gasteiger partial charge in [0, 0.05) is 11.6 Å². The van der Waals surface area contributed by atoms with Gasteiger partial charge in [-0.3, -0.25) is 9.59 Å². The average Bonchev–Trinajstić information content (AvgIpc) is 3.06. The second-order valence-corrected chi connectivity index (χ2v) is 8.41. The van der Waals surface area contributed by atoms with Crippen LogP contribution in [0.2, 0.25) is 0 Å². The molecule has 0 bridgehead atoms. The number of amides is 2. The van der Waals surface area contributed by atoms with Crippen molar-refractivity contribution in [3.05, 3.63) is 29.8 Å². The first kappa shape index (κ1) is 21.0. The largest absolute Gasteiger partial charge is 0.411 e. The molecule has 0 aliphatic heterocycles. The lowest BCUT2D eigenvalue weighted by Crippen LogP contribution is -2.40. The van der Waals surface area contributed by atoms with Gasteiger partial charge in [0.25, 0.3) is 5.22 Å². The van der Waals surface area contributed by atoms with E-state index in [1.807, 2.05) is 38.1 Å². The van der Waals surface area contributed by atoms with Crippen LogP contribution >= 0.6 is 11.8 Å². The fourth-order valence-corrected chi connectivity index (χ4v) is 2.82. The lowest BCUT2D eigenvalue weighted by molar-refractivity contribution is -0.125. The van der Waals surface area contributed by atoms with E-state index in [1.165, 1.54) is 5.56 Å². The van der Waals surface area contributed by atoms with Crippen molar-refractivity contribution in [2.24, 2.45) is 0 Å². The Hall–Kier alpha value is -2.35. The minimum atomic E-state index is -0.270. The van der Waals surface area contributed by atoms with Crippen LogP contribution in [0.5, 0.6) is 0 Å². The van der Waals surface area contributed by atoms with Gasteiger partial charge in [-0.1, -0.05) is 44.7 Å². The molecule has 1 heterocycles. The highest BCUT2D eigenvalue weighted by Crippen LogP contribution is 2.27. The van der Waals surface area contributed by atoms with E-state index < -0.39 is 0 Å². The Morgan fingerprint density at radius 1 is 1.11 bits per heavy atom. The van der Waals surface area contributed by atoms with Crippen molar-refractivity contribution in [3.8, 4) is 11.5 Å². The number of carbonyl (C=O) groups excluding carboxylic acids is 2. The summed E-state index contributed by atoms with van der Waals surface area (Å²) in [6, 6.07) is 8.02. The van der Waals surface area contributed by atoms with Gasteiger partial charge in [0.15, 0.2) is 0 Å². The normalized spacial score (nSPS) is 11.5. The highest BCUT2D eigenvalue weighted by atomic mass is 32.2.